The number of rotatable bonds is 6. The van der Waals surface area contributed by atoms with E-state index in [9.17, 15) is 0 Å². The highest BCUT2D eigenvalue weighted by atomic mass is 16.3. The lowest BCUT2D eigenvalue weighted by atomic mass is 9.62. The molecule has 0 bridgehead atoms. The van der Waals surface area contributed by atoms with Crippen LogP contribution in [0.4, 0.5) is 0 Å². The summed E-state index contributed by atoms with van der Waals surface area (Å²) in [5, 5.41) is 0. The third kappa shape index (κ3) is 3.46. The number of hydrogen-bond donors (Lipinski definition) is 0. The summed E-state index contributed by atoms with van der Waals surface area (Å²) >= 11 is 0. The maximum atomic E-state index is 6.16. The maximum Gasteiger partial charge on any atom is 0.130 e. The zero-order valence-corrected chi connectivity index (χ0v) is 21.0. The summed E-state index contributed by atoms with van der Waals surface area (Å²) in [5.41, 5.74) is 10.2. The molecule has 0 N–H and O–H groups in total. The number of fused-ring (bicyclic) bond motifs is 2. The lowest BCUT2D eigenvalue weighted by Crippen LogP contribution is -2.30. The van der Waals surface area contributed by atoms with Gasteiger partial charge in [-0.05, 0) is 75.9 Å². The van der Waals surface area contributed by atoms with Crippen molar-refractivity contribution in [2.45, 2.75) is 52.4 Å². The summed E-state index contributed by atoms with van der Waals surface area (Å²) in [4.78, 5) is 0. The number of hydrogen-bond acceptors (Lipinski definition) is 2. The number of aryl methyl sites for hydroxylation is 2. The Kier molecular flexibility index (Phi) is 5.21. The summed E-state index contributed by atoms with van der Waals surface area (Å²) in [6, 6.07) is 22.1. The normalized spacial score (nSPS) is 18.9. The Morgan fingerprint density at radius 3 is 1.49 bits per heavy atom. The molecule has 6 rings (SSSR count). The van der Waals surface area contributed by atoms with Gasteiger partial charge in [-0.15, -0.1) is 0 Å². The SMILES string of the molecule is CCc1coc(C2=Cc3ccccc3C2C(C)(C)C2C(c3cc(CC)co3)=Cc3ccccc32)c1. The quantitative estimate of drug-likeness (QED) is 0.287. The lowest BCUT2D eigenvalue weighted by Gasteiger charge is -2.41. The Morgan fingerprint density at radius 2 is 1.09 bits per heavy atom. The molecule has 0 saturated carbocycles. The Bertz CT molecular complexity index is 1350. The predicted molar refractivity (Wildman–Crippen MR) is 144 cm³/mol. The van der Waals surface area contributed by atoms with Gasteiger partial charge in [0, 0.05) is 23.0 Å². The maximum absolute atomic E-state index is 6.16. The first kappa shape index (κ1) is 22.0. The Hall–Kier alpha value is -3.52. The minimum absolute atomic E-state index is 0.144. The molecule has 2 nitrogen and oxygen atoms in total. The highest BCUT2D eigenvalue weighted by Gasteiger charge is 2.48. The van der Waals surface area contributed by atoms with E-state index in [1.54, 1.807) is 0 Å². The van der Waals surface area contributed by atoms with Gasteiger partial charge in [0.05, 0.1) is 12.5 Å². The van der Waals surface area contributed by atoms with E-state index in [1.165, 1.54) is 44.5 Å². The Labute approximate surface area is 208 Å². The molecule has 2 atom stereocenters. The number of allylic oxidation sites excluding steroid dienone is 2. The van der Waals surface area contributed by atoms with Crippen LogP contribution in [0.3, 0.4) is 0 Å². The van der Waals surface area contributed by atoms with Crippen LogP contribution in [0.25, 0.3) is 23.3 Å². The molecule has 4 aromatic rings. The smallest absolute Gasteiger partial charge is 0.130 e. The average molecular weight is 461 g/mol. The van der Waals surface area contributed by atoms with E-state index in [-0.39, 0.29) is 17.3 Å². The molecule has 0 aliphatic heterocycles. The molecular weight excluding hydrogens is 428 g/mol. The molecule has 2 aliphatic carbocycles. The fourth-order valence-electron chi connectivity index (χ4n) is 6.27. The van der Waals surface area contributed by atoms with E-state index in [1.807, 2.05) is 12.5 Å². The van der Waals surface area contributed by atoms with Crippen molar-refractivity contribution in [2.24, 2.45) is 5.41 Å². The molecule has 0 spiro atoms. The van der Waals surface area contributed by atoms with Crippen molar-refractivity contribution in [3.05, 3.63) is 118 Å². The summed E-state index contributed by atoms with van der Waals surface area (Å²) in [5.74, 6) is 2.35. The molecule has 0 saturated heterocycles. The van der Waals surface area contributed by atoms with Crippen molar-refractivity contribution < 1.29 is 8.83 Å². The van der Waals surface area contributed by atoms with Crippen LogP contribution in [-0.4, -0.2) is 0 Å². The highest BCUT2D eigenvalue weighted by Crippen LogP contribution is 2.62. The van der Waals surface area contributed by atoms with E-state index < -0.39 is 0 Å². The zero-order chi connectivity index (χ0) is 24.2. The van der Waals surface area contributed by atoms with Crippen molar-refractivity contribution in [1.29, 1.82) is 0 Å². The van der Waals surface area contributed by atoms with Crippen molar-refractivity contribution in [3.8, 4) is 0 Å². The van der Waals surface area contributed by atoms with Crippen molar-refractivity contribution in [2.75, 3.05) is 0 Å². The molecule has 176 valence electrons. The van der Waals surface area contributed by atoms with E-state index in [0.29, 0.717) is 0 Å². The van der Waals surface area contributed by atoms with Gasteiger partial charge in [-0.3, -0.25) is 0 Å². The fraction of sp³-hybridized carbons (Fsp3) is 0.273. The summed E-state index contributed by atoms with van der Waals surface area (Å²) in [6.07, 6.45) is 10.4. The molecular formula is C33H32O2. The summed E-state index contributed by atoms with van der Waals surface area (Å²) in [6.45, 7) is 9.19. The third-order valence-electron chi connectivity index (χ3n) is 8.04. The Morgan fingerprint density at radius 1 is 0.657 bits per heavy atom. The van der Waals surface area contributed by atoms with Gasteiger partial charge in [0.1, 0.15) is 11.5 Å². The van der Waals surface area contributed by atoms with E-state index >= 15 is 0 Å². The van der Waals surface area contributed by atoms with Crippen LogP contribution >= 0.6 is 0 Å². The van der Waals surface area contributed by atoms with Crippen molar-refractivity contribution in [3.63, 3.8) is 0 Å². The Balaban J connectivity index is 1.51. The number of furan rings is 2. The first-order valence-corrected chi connectivity index (χ1v) is 12.8. The molecule has 0 fully saturated rings. The van der Waals surface area contributed by atoms with Crippen LogP contribution in [0, 0.1) is 5.41 Å². The van der Waals surface area contributed by atoms with Gasteiger partial charge in [-0.1, -0.05) is 76.2 Å². The van der Waals surface area contributed by atoms with E-state index in [2.05, 4.69) is 101 Å². The summed E-state index contributed by atoms with van der Waals surface area (Å²) in [7, 11) is 0. The average Bonchev–Trinajstić information content (AvgIpc) is 3.66. The predicted octanol–water partition coefficient (Wildman–Crippen LogP) is 9.00. The molecule has 2 unspecified atom stereocenters. The van der Waals surface area contributed by atoms with Crippen molar-refractivity contribution >= 4 is 23.3 Å². The first-order chi connectivity index (χ1) is 17.0. The topological polar surface area (TPSA) is 26.3 Å². The highest BCUT2D eigenvalue weighted by molar-refractivity contribution is 5.94. The fourth-order valence-corrected chi connectivity index (χ4v) is 6.27. The van der Waals surface area contributed by atoms with Crippen molar-refractivity contribution in [1.82, 2.24) is 0 Å². The molecule has 2 heteroatoms. The molecule has 0 radical (unpaired) electrons. The van der Waals surface area contributed by atoms with Crippen LogP contribution < -0.4 is 0 Å². The molecule has 2 heterocycles. The first-order valence-electron chi connectivity index (χ1n) is 12.8. The second-order valence-corrected chi connectivity index (χ2v) is 10.5. The zero-order valence-electron chi connectivity index (χ0n) is 21.0. The van der Waals surface area contributed by atoms with Crippen LogP contribution in [0.2, 0.25) is 0 Å². The second kappa shape index (κ2) is 8.30. The number of benzene rings is 2. The standard InChI is InChI=1S/C33H32O2/c1-5-21-15-29(34-19-21)27-17-23-11-7-9-13-25(23)31(27)33(3,4)32-26-14-10-8-12-24(26)18-28(32)30-16-22(6-2)20-35-30/h7-20,31-32H,5-6H2,1-4H3. The van der Waals surface area contributed by atoms with E-state index in [0.717, 1.165) is 24.4 Å². The van der Waals surface area contributed by atoms with Gasteiger partial charge >= 0.3 is 0 Å². The van der Waals surface area contributed by atoms with E-state index in [4.69, 9.17) is 8.83 Å². The van der Waals surface area contributed by atoms with Crippen LogP contribution in [-0.2, 0) is 12.8 Å². The molecule has 2 aliphatic rings. The monoisotopic (exact) mass is 460 g/mol. The minimum atomic E-state index is -0.144. The molecule has 0 amide bonds. The van der Waals surface area contributed by atoms with Crippen LogP contribution in [0.5, 0.6) is 0 Å². The molecule has 35 heavy (non-hydrogen) atoms. The second-order valence-electron chi connectivity index (χ2n) is 10.5. The van der Waals surface area contributed by atoms with Gasteiger partial charge in [-0.25, -0.2) is 0 Å². The van der Waals surface area contributed by atoms with Gasteiger partial charge in [0.2, 0.25) is 0 Å². The lowest BCUT2D eigenvalue weighted by molar-refractivity contribution is 0.299. The largest absolute Gasteiger partial charge is 0.464 e. The molecule has 2 aromatic heterocycles. The third-order valence-corrected chi connectivity index (χ3v) is 8.04. The summed E-state index contributed by atoms with van der Waals surface area (Å²) < 4.78 is 12.3. The van der Waals surface area contributed by atoms with Gasteiger partial charge in [-0.2, -0.15) is 0 Å². The van der Waals surface area contributed by atoms with Gasteiger partial charge in [0.15, 0.2) is 0 Å². The van der Waals surface area contributed by atoms with Gasteiger partial charge in [0.25, 0.3) is 0 Å². The van der Waals surface area contributed by atoms with Crippen LogP contribution in [0.15, 0.2) is 82.0 Å². The molecule has 2 aromatic carbocycles. The van der Waals surface area contributed by atoms with Crippen LogP contribution in [0.1, 0.15) is 84.4 Å². The van der Waals surface area contributed by atoms with Gasteiger partial charge < -0.3 is 8.83 Å². The minimum Gasteiger partial charge on any atom is -0.464 e.